The lowest BCUT2D eigenvalue weighted by atomic mass is 9.84. The maximum Gasteiger partial charge on any atom is 0.501 e. The summed E-state index contributed by atoms with van der Waals surface area (Å²) in [7, 11) is -2.98. The molecule has 0 fully saturated rings. The van der Waals surface area contributed by atoms with E-state index in [1.807, 2.05) is 6.92 Å². The predicted molar refractivity (Wildman–Crippen MR) is 165 cm³/mol. The molecule has 3 unspecified atom stereocenters. The lowest BCUT2D eigenvalue weighted by molar-refractivity contribution is 0.0360. The highest BCUT2D eigenvalue weighted by Gasteiger charge is 2.44. The van der Waals surface area contributed by atoms with Crippen LogP contribution in [0.25, 0.3) is 0 Å². The van der Waals surface area contributed by atoms with Gasteiger partial charge in [-0.15, -0.1) is 11.6 Å². The molecule has 0 saturated carbocycles. The first-order valence-corrected chi connectivity index (χ1v) is 17.9. The van der Waals surface area contributed by atoms with E-state index >= 15 is 0 Å². The SMILES string of the molecule is CCCCCCCCCCCCCCCCC(C)C(C)(Cl)CC(C)C[Si](OCC)(OCCO)OCCO.N. The Morgan fingerprint density at radius 1 is 0.711 bits per heavy atom. The summed E-state index contributed by atoms with van der Waals surface area (Å²) in [5.41, 5.74) is 0. The summed E-state index contributed by atoms with van der Waals surface area (Å²) >= 11 is 7.07. The third kappa shape index (κ3) is 21.1. The van der Waals surface area contributed by atoms with Gasteiger partial charge in [-0.3, -0.25) is 0 Å². The molecule has 0 amide bonds. The van der Waals surface area contributed by atoms with Crippen molar-refractivity contribution >= 4 is 20.4 Å². The summed E-state index contributed by atoms with van der Waals surface area (Å²) in [5, 5.41) is 18.5. The summed E-state index contributed by atoms with van der Waals surface area (Å²) in [4.78, 5) is -0.295. The first-order valence-electron chi connectivity index (χ1n) is 15.6. The van der Waals surface area contributed by atoms with Crippen LogP contribution in [0.15, 0.2) is 0 Å². The molecule has 0 aliphatic heterocycles. The van der Waals surface area contributed by atoms with Crippen LogP contribution in [0.5, 0.6) is 0 Å². The number of aliphatic hydroxyl groups is 2. The first-order chi connectivity index (χ1) is 17.8. The van der Waals surface area contributed by atoms with Crippen LogP contribution in [-0.2, 0) is 13.3 Å². The minimum Gasteiger partial charge on any atom is -0.394 e. The summed E-state index contributed by atoms with van der Waals surface area (Å²) in [6.45, 7) is 11.5. The quantitative estimate of drug-likeness (QED) is 0.0483. The van der Waals surface area contributed by atoms with Gasteiger partial charge in [-0.2, -0.15) is 0 Å². The fourth-order valence-electron chi connectivity index (χ4n) is 5.25. The highest BCUT2D eigenvalue weighted by atomic mass is 35.5. The van der Waals surface area contributed by atoms with E-state index in [9.17, 15) is 10.2 Å². The van der Waals surface area contributed by atoms with Gasteiger partial charge in [-0.1, -0.05) is 111 Å². The molecule has 5 N–H and O–H groups in total. The molecule has 0 aromatic rings. The molecule has 0 aromatic carbocycles. The number of halogens is 1. The number of aliphatic hydroxyl groups excluding tert-OH is 2. The van der Waals surface area contributed by atoms with Crippen molar-refractivity contribution < 1.29 is 23.5 Å². The Morgan fingerprint density at radius 3 is 1.53 bits per heavy atom. The molecule has 0 aliphatic carbocycles. The smallest absolute Gasteiger partial charge is 0.394 e. The molecule has 0 radical (unpaired) electrons. The van der Waals surface area contributed by atoms with Crippen molar-refractivity contribution in [1.29, 1.82) is 0 Å². The fourth-order valence-corrected chi connectivity index (χ4v) is 8.47. The molecule has 0 heterocycles. The maximum atomic E-state index is 9.26. The lowest BCUT2D eigenvalue weighted by Crippen LogP contribution is -2.49. The van der Waals surface area contributed by atoms with Gasteiger partial charge in [0.1, 0.15) is 0 Å². The molecule has 0 bridgehead atoms. The third-order valence-electron chi connectivity index (χ3n) is 7.56. The summed E-state index contributed by atoms with van der Waals surface area (Å²) < 4.78 is 17.8. The number of rotatable bonds is 28. The average Bonchev–Trinajstić information content (AvgIpc) is 2.86. The number of hydrogen-bond acceptors (Lipinski definition) is 6. The molecule has 3 atom stereocenters. The van der Waals surface area contributed by atoms with Crippen molar-refractivity contribution in [2.45, 2.75) is 148 Å². The van der Waals surface area contributed by atoms with E-state index in [0.717, 1.165) is 12.8 Å². The highest BCUT2D eigenvalue weighted by Crippen LogP contribution is 2.38. The van der Waals surface area contributed by atoms with Crippen LogP contribution in [-0.4, -0.2) is 56.9 Å². The predicted octanol–water partition coefficient (Wildman–Crippen LogP) is 8.67. The largest absolute Gasteiger partial charge is 0.501 e. The van der Waals surface area contributed by atoms with Crippen LogP contribution < -0.4 is 6.15 Å². The van der Waals surface area contributed by atoms with Crippen LogP contribution >= 0.6 is 11.6 Å². The first kappa shape index (κ1) is 40.4. The van der Waals surface area contributed by atoms with Gasteiger partial charge in [0, 0.05) is 17.5 Å². The van der Waals surface area contributed by atoms with Gasteiger partial charge < -0.3 is 29.6 Å². The van der Waals surface area contributed by atoms with E-state index in [2.05, 4.69) is 27.7 Å². The molecule has 0 aliphatic rings. The monoisotopic (exact) mass is 583 g/mol. The van der Waals surface area contributed by atoms with Crippen LogP contribution in [0, 0.1) is 11.8 Å². The molecule has 0 spiro atoms. The van der Waals surface area contributed by atoms with Crippen molar-refractivity contribution in [2.24, 2.45) is 11.8 Å². The van der Waals surface area contributed by atoms with Crippen molar-refractivity contribution in [2.75, 3.05) is 33.0 Å². The second-order valence-corrected chi connectivity index (χ2v) is 14.8. The third-order valence-corrected chi connectivity index (χ3v) is 11.3. The number of hydrogen-bond donors (Lipinski definition) is 3. The zero-order valence-corrected chi connectivity index (χ0v) is 27.7. The topological polar surface area (TPSA) is 103 Å². The standard InChI is InChI=1S/C30H63ClO5Si.H3N/c1-6-8-9-10-11-12-13-14-15-16-17-18-19-20-21-29(4)30(5,31)26-28(3)27-37(34-7-2,35-24-22-32)36-25-23-33;/h28-29,32-33H,6-27H2,1-5H3;1H3. The van der Waals surface area contributed by atoms with E-state index in [0.29, 0.717) is 18.6 Å². The van der Waals surface area contributed by atoms with Gasteiger partial charge in [-0.05, 0) is 38.5 Å². The van der Waals surface area contributed by atoms with Gasteiger partial charge >= 0.3 is 8.80 Å². The molecule has 8 heteroatoms. The van der Waals surface area contributed by atoms with E-state index in [-0.39, 0.29) is 43.4 Å². The normalized spacial score (nSPS) is 15.2. The van der Waals surface area contributed by atoms with Crippen LogP contribution in [0.3, 0.4) is 0 Å². The van der Waals surface area contributed by atoms with Crippen molar-refractivity contribution in [3.63, 3.8) is 0 Å². The zero-order chi connectivity index (χ0) is 27.8. The van der Waals surface area contributed by atoms with Gasteiger partial charge in [0.25, 0.3) is 0 Å². The average molecular weight is 584 g/mol. The minimum absolute atomic E-state index is 0. The minimum atomic E-state index is -2.98. The van der Waals surface area contributed by atoms with Crippen LogP contribution in [0.1, 0.15) is 137 Å². The van der Waals surface area contributed by atoms with Gasteiger partial charge in [0.2, 0.25) is 0 Å². The zero-order valence-electron chi connectivity index (χ0n) is 25.9. The van der Waals surface area contributed by atoms with Gasteiger partial charge in [0.15, 0.2) is 0 Å². The Morgan fingerprint density at radius 2 is 1.13 bits per heavy atom. The Kier molecular flexibility index (Phi) is 27.8. The van der Waals surface area contributed by atoms with Crippen molar-refractivity contribution in [3.8, 4) is 0 Å². The Hall–Kier alpha value is 0.267. The molecular weight excluding hydrogens is 518 g/mol. The van der Waals surface area contributed by atoms with E-state index < -0.39 is 8.80 Å². The van der Waals surface area contributed by atoms with Crippen LogP contribution in [0.4, 0.5) is 0 Å². The summed E-state index contributed by atoms with van der Waals surface area (Å²) in [6, 6.07) is 0.634. The van der Waals surface area contributed by atoms with E-state index in [1.54, 1.807) is 0 Å². The van der Waals surface area contributed by atoms with E-state index in [1.165, 1.54) is 89.9 Å². The summed E-state index contributed by atoms with van der Waals surface area (Å²) in [5.74, 6) is 0.672. The summed E-state index contributed by atoms with van der Waals surface area (Å²) in [6.07, 6.45) is 21.3. The molecule has 0 rings (SSSR count). The van der Waals surface area contributed by atoms with Crippen LogP contribution in [0.2, 0.25) is 6.04 Å². The number of unbranched alkanes of at least 4 members (excludes halogenated alkanes) is 13. The molecule has 232 valence electrons. The maximum absolute atomic E-state index is 9.26. The Balaban J connectivity index is 0. The molecule has 0 aromatic heterocycles. The highest BCUT2D eigenvalue weighted by molar-refractivity contribution is 6.60. The van der Waals surface area contributed by atoms with Gasteiger partial charge in [-0.25, -0.2) is 0 Å². The van der Waals surface area contributed by atoms with Crippen molar-refractivity contribution in [3.05, 3.63) is 0 Å². The second-order valence-electron chi connectivity index (χ2n) is 11.3. The molecular formula is C30H66ClNO5Si. The van der Waals surface area contributed by atoms with Gasteiger partial charge in [0.05, 0.1) is 26.4 Å². The lowest BCUT2D eigenvalue weighted by Gasteiger charge is -2.35. The molecule has 0 saturated heterocycles. The molecule has 38 heavy (non-hydrogen) atoms. The Labute approximate surface area is 242 Å². The Bertz CT molecular complexity index is 493. The fraction of sp³-hybridized carbons (Fsp3) is 1.00. The van der Waals surface area contributed by atoms with E-state index in [4.69, 9.17) is 24.9 Å². The van der Waals surface area contributed by atoms with Crippen molar-refractivity contribution in [1.82, 2.24) is 6.15 Å². The second kappa shape index (κ2) is 26.2. The number of alkyl halides is 1. The molecule has 6 nitrogen and oxygen atoms in total.